The van der Waals surface area contributed by atoms with Crippen molar-refractivity contribution < 1.29 is 9.53 Å². The number of carbonyl (C=O) groups is 1. The van der Waals surface area contributed by atoms with Crippen LogP contribution in [-0.4, -0.2) is 17.7 Å². The van der Waals surface area contributed by atoms with Crippen LogP contribution in [0.3, 0.4) is 0 Å². The molecule has 0 atom stereocenters. The number of halogens is 1. The Balaban J connectivity index is 1.68. The molecule has 2 aromatic rings. The van der Waals surface area contributed by atoms with Gasteiger partial charge in [0.2, 0.25) is 0 Å². The number of ether oxygens (including phenoxy) is 1. The van der Waals surface area contributed by atoms with Gasteiger partial charge in [-0.1, -0.05) is 52.4 Å². The van der Waals surface area contributed by atoms with E-state index in [1.807, 2.05) is 42.5 Å². The number of hydrogen-bond acceptors (Lipinski definition) is 2. The molecule has 0 unspecified atom stereocenters. The fraction of sp³-hybridized carbons (Fsp3) is 0.136. The Bertz CT molecular complexity index is 825. The topological polar surface area (TPSA) is 26.3 Å². The standard InChI is InChI=1S/C22H21BrO2S/c23-14-5-15-25-20-11-8-18(9-12-20)21(24)13-10-19-6-1-2-7-22(19)26-16-3-4-17-26/h1-4,6-13,16-17,26H,5,14-15H2. The predicted molar refractivity (Wildman–Crippen MR) is 116 cm³/mol. The highest BCUT2D eigenvalue weighted by Gasteiger charge is 2.07. The molecule has 0 aromatic heterocycles. The minimum Gasteiger partial charge on any atom is -0.494 e. The first-order valence-electron chi connectivity index (χ1n) is 8.51. The molecule has 0 aliphatic carbocycles. The summed E-state index contributed by atoms with van der Waals surface area (Å²) < 4.78 is 5.61. The number of carbonyl (C=O) groups excluding carboxylic acids is 1. The molecule has 0 bridgehead atoms. The lowest BCUT2D eigenvalue weighted by Gasteiger charge is -2.13. The Hall–Kier alpha value is -2.04. The Labute approximate surface area is 165 Å². The summed E-state index contributed by atoms with van der Waals surface area (Å²) in [6, 6.07) is 15.6. The maximum atomic E-state index is 12.5. The van der Waals surface area contributed by atoms with Crippen LogP contribution in [0.4, 0.5) is 0 Å². The molecule has 0 radical (unpaired) electrons. The van der Waals surface area contributed by atoms with Crippen molar-refractivity contribution in [2.75, 3.05) is 11.9 Å². The van der Waals surface area contributed by atoms with Crippen molar-refractivity contribution in [3.63, 3.8) is 0 Å². The molecule has 4 heteroatoms. The summed E-state index contributed by atoms with van der Waals surface area (Å²) in [5, 5.41) is 5.36. The molecule has 2 aromatic carbocycles. The highest BCUT2D eigenvalue weighted by molar-refractivity contribution is 9.09. The largest absolute Gasteiger partial charge is 0.494 e. The van der Waals surface area contributed by atoms with Gasteiger partial charge in [0.05, 0.1) is 6.61 Å². The van der Waals surface area contributed by atoms with E-state index in [1.54, 1.807) is 6.08 Å². The Morgan fingerprint density at radius 1 is 1.04 bits per heavy atom. The van der Waals surface area contributed by atoms with Crippen LogP contribution in [0.1, 0.15) is 22.3 Å². The van der Waals surface area contributed by atoms with Crippen molar-refractivity contribution in [2.24, 2.45) is 0 Å². The van der Waals surface area contributed by atoms with Gasteiger partial charge >= 0.3 is 0 Å². The fourth-order valence-corrected chi connectivity index (χ4v) is 4.50. The van der Waals surface area contributed by atoms with Gasteiger partial charge in [-0.3, -0.25) is 4.79 Å². The molecule has 0 saturated heterocycles. The molecule has 0 spiro atoms. The number of allylic oxidation sites excluding steroid dienone is 3. The van der Waals surface area contributed by atoms with Crippen molar-refractivity contribution in [3.05, 3.63) is 88.7 Å². The second-order valence-corrected chi connectivity index (χ2v) is 8.45. The number of ketones is 1. The maximum absolute atomic E-state index is 12.5. The highest BCUT2D eigenvalue weighted by Crippen LogP contribution is 2.44. The lowest BCUT2D eigenvalue weighted by Crippen LogP contribution is -1.99. The van der Waals surface area contributed by atoms with Crippen LogP contribution in [0.2, 0.25) is 0 Å². The van der Waals surface area contributed by atoms with Crippen LogP contribution < -0.4 is 4.74 Å². The predicted octanol–water partition coefficient (Wildman–Crippen LogP) is 6.15. The summed E-state index contributed by atoms with van der Waals surface area (Å²) in [6.07, 6.45) is 8.69. The second kappa shape index (κ2) is 9.60. The van der Waals surface area contributed by atoms with E-state index in [0.29, 0.717) is 12.2 Å². The molecule has 3 rings (SSSR count). The van der Waals surface area contributed by atoms with Gasteiger partial charge in [0.1, 0.15) is 5.75 Å². The Morgan fingerprint density at radius 2 is 1.77 bits per heavy atom. The van der Waals surface area contributed by atoms with E-state index >= 15 is 0 Å². The zero-order valence-electron chi connectivity index (χ0n) is 14.3. The third kappa shape index (κ3) is 4.99. The molecule has 2 nitrogen and oxygen atoms in total. The summed E-state index contributed by atoms with van der Waals surface area (Å²) in [5.74, 6) is 0.788. The SMILES string of the molecule is O=C(C=Cc1ccccc1[SH]1C=CC=C1)c1ccc(OCCCBr)cc1. The van der Waals surface area contributed by atoms with Crippen LogP contribution in [0.5, 0.6) is 5.75 Å². The quantitative estimate of drug-likeness (QED) is 0.179. The summed E-state index contributed by atoms with van der Waals surface area (Å²) in [6.45, 7) is 0.668. The van der Waals surface area contributed by atoms with Crippen LogP contribution in [0.15, 0.2) is 82.5 Å². The van der Waals surface area contributed by atoms with Crippen molar-refractivity contribution in [1.82, 2.24) is 0 Å². The third-order valence-corrected chi connectivity index (χ3v) is 6.43. The smallest absolute Gasteiger partial charge is 0.185 e. The van der Waals surface area contributed by atoms with Gasteiger partial charge in [0.25, 0.3) is 0 Å². The van der Waals surface area contributed by atoms with E-state index < -0.39 is 10.9 Å². The summed E-state index contributed by atoms with van der Waals surface area (Å²) >= 11 is 3.38. The molecule has 0 N–H and O–H groups in total. The van der Waals surface area contributed by atoms with E-state index in [-0.39, 0.29) is 5.78 Å². The number of rotatable bonds is 8. The van der Waals surface area contributed by atoms with E-state index in [2.05, 4.69) is 51.0 Å². The Kier molecular flexibility index (Phi) is 6.92. The summed E-state index contributed by atoms with van der Waals surface area (Å²) in [5.41, 5.74) is 1.76. The van der Waals surface area contributed by atoms with Gasteiger partial charge in [0, 0.05) is 15.8 Å². The zero-order chi connectivity index (χ0) is 18.2. The molecule has 26 heavy (non-hydrogen) atoms. The molecule has 1 heterocycles. The van der Waals surface area contributed by atoms with Crippen molar-refractivity contribution in [2.45, 2.75) is 11.3 Å². The first kappa shape index (κ1) is 18.7. The fourth-order valence-electron chi connectivity index (χ4n) is 2.58. The summed E-state index contributed by atoms with van der Waals surface area (Å²) in [7, 11) is -0.402. The lowest BCUT2D eigenvalue weighted by atomic mass is 10.1. The van der Waals surface area contributed by atoms with Gasteiger partial charge in [0.15, 0.2) is 5.78 Å². The van der Waals surface area contributed by atoms with Gasteiger partial charge < -0.3 is 4.74 Å². The molecule has 0 saturated carbocycles. The normalized spacial score (nSPS) is 14.3. The van der Waals surface area contributed by atoms with E-state index in [1.165, 1.54) is 4.90 Å². The van der Waals surface area contributed by atoms with Crippen molar-refractivity contribution >= 4 is 38.7 Å². The molecule has 0 fully saturated rings. The average Bonchev–Trinajstić information content (AvgIpc) is 3.22. The van der Waals surface area contributed by atoms with E-state index in [9.17, 15) is 4.79 Å². The molecular formula is C22H21BrO2S. The van der Waals surface area contributed by atoms with Gasteiger partial charge in [-0.25, -0.2) is 0 Å². The monoisotopic (exact) mass is 428 g/mol. The highest BCUT2D eigenvalue weighted by atomic mass is 79.9. The zero-order valence-corrected chi connectivity index (χ0v) is 16.8. The van der Waals surface area contributed by atoms with Crippen molar-refractivity contribution in [3.8, 4) is 5.75 Å². The number of hydrogen-bond donors (Lipinski definition) is 1. The van der Waals surface area contributed by atoms with Crippen molar-refractivity contribution in [1.29, 1.82) is 0 Å². The second-order valence-electron chi connectivity index (χ2n) is 5.76. The van der Waals surface area contributed by atoms with E-state index in [0.717, 1.165) is 23.1 Å². The number of alkyl halides is 1. The van der Waals surface area contributed by atoms with Gasteiger partial charge in [-0.15, -0.1) is 0 Å². The van der Waals surface area contributed by atoms with Crippen LogP contribution in [0.25, 0.3) is 6.08 Å². The van der Waals surface area contributed by atoms with Crippen LogP contribution in [0, 0.1) is 0 Å². The number of thiol groups is 1. The van der Waals surface area contributed by atoms with Gasteiger partial charge in [-0.05, 0) is 59.2 Å². The lowest BCUT2D eigenvalue weighted by molar-refractivity contribution is 0.104. The first-order chi connectivity index (χ1) is 12.8. The molecule has 1 aliphatic heterocycles. The first-order valence-corrected chi connectivity index (χ1v) is 11.1. The Morgan fingerprint density at radius 3 is 2.50 bits per heavy atom. The third-order valence-electron chi connectivity index (χ3n) is 3.92. The average molecular weight is 429 g/mol. The molecule has 0 amide bonds. The maximum Gasteiger partial charge on any atom is 0.185 e. The molecular weight excluding hydrogens is 408 g/mol. The van der Waals surface area contributed by atoms with E-state index in [4.69, 9.17) is 4.74 Å². The van der Waals surface area contributed by atoms with Crippen LogP contribution >= 0.6 is 26.8 Å². The molecule has 134 valence electrons. The minimum absolute atomic E-state index is 0.00269. The number of benzene rings is 2. The summed E-state index contributed by atoms with van der Waals surface area (Å²) in [4.78, 5) is 13.7. The minimum atomic E-state index is -0.402. The molecule has 1 aliphatic rings. The van der Waals surface area contributed by atoms with Gasteiger partial charge in [-0.2, -0.15) is 10.9 Å². The van der Waals surface area contributed by atoms with Crippen LogP contribution in [-0.2, 0) is 0 Å².